The standard InChI is InChI=1S/C11H16FN3O4S/c1-7(2)3-4-14-20(18,19)11-9(12)5-8(15(16)17)6-10(11)13/h5-7,14H,3-4,13H2,1-2H3. The monoisotopic (exact) mass is 305 g/mol. The lowest BCUT2D eigenvalue weighted by atomic mass is 10.1. The maximum Gasteiger partial charge on any atom is 0.274 e. The Balaban J connectivity index is 3.10. The third kappa shape index (κ3) is 3.87. The van der Waals surface area contributed by atoms with Gasteiger partial charge in [0.05, 0.1) is 16.7 Å². The fourth-order valence-corrected chi connectivity index (χ4v) is 2.76. The summed E-state index contributed by atoms with van der Waals surface area (Å²) < 4.78 is 39.8. The van der Waals surface area contributed by atoms with Crippen LogP contribution in [0.4, 0.5) is 15.8 Å². The van der Waals surface area contributed by atoms with E-state index in [1.165, 1.54) is 0 Å². The number of benzene rings is 1. The summed E-state index contributed by atoms with van der Waals surface area (Å²) in [5, 5.41) is 10.5. The third-order valence-electron chi connectivity index (χ3n) is 2.55. The number of halogens is 1. The first-order valence-electron chi connectivity index (χ1n) is 5.88. The summed E-state index contributed by atoms with van der Waals surface area (Å²) in [6.45, 7) is 3.96. The minimum Gasteiger partial charge on any atom is -0.397 e. The summed E-state index contributed by atoms with van der Waals surface area (Å²) in [4.78, 5) is 8.93. The first kappa shape index (κ1) is 16.3. The SMILES string of the molecule is CC(C)CCNS(=O)(=O)c1c(N)cc([N+](=O)[O-])cc1F. The molecule has 0 saturated heterocycles. The average molecular weight is 305 g/mol. The van der Waals surface area contributed by atoms with Crippen LogP contribution in [0.2, 0.25) is 0 Å². The zero-order valence-electron chi connectivity index (χ0n) is 11.1. The number of nitrogens with two attached hydrogens (primary N) is 1. The van der Waals surface area contributed by atoms with Crippen molar-refractivity contribution in [1.82, 2.24) is 4.72 Å². The average Bonchev–Trinajstić information content (AvgIpc) is 2.26. The highest BCUT2D eigenvalue weighted by Gasteiger charge is 2.25. The highest BCUT2D eigenvalue weighted by atomic mass is 32.2. The van der Waals surface area contributed by atoms with E-state index in [1.54, 1.807) is 0 Å². The molecule has 0 saturated carbocycles. The number of nitrogens with zero attached hydrogens (tertiary/aromatic N) is 1. The van der Waals surface area contributed by atoms with Gasteiger partial charge in [-0.3, -0.25) is 10.1 Å². The van der Waals surface area contributed by atoms with Crippen LogP contribution in [-0.4, -0.2) is 19.9 Å². The van der Waals surface area contributed by atoms with Crippen LogP contribution in [-0.2, 0) is 10.0 Å². The lowest BCUT2D eigenvalue weighted by Gasteiger charge is -2.11. The molecule has 3 N–H and O–H groups in total. The second kappa shape index (κ2) is 6.14. The van der Waals surface area contributed by atoms with Gasteiger partial charge in [-0.15, -0.1) is 0 Å². The maximum absolute atomic E-state index is 13.7. The van der Waals surface area contributed by atoms with E-state index in [2.05, 4.69) is 4.72 Å². The molecule has 0 bridgehead atoms. The lowest BCUT2D eigenvalue weighted by Crippen LogP contribution is -2.27. The lowest BCUT2D eigenvalue weighted by molar-refractivity contribution is -0.385. The van der Waals surface area contributed by atoms with Crippen molar-refractivity contribution in [2.24, 2.45) is 5.92 Å². The van der Waals surface area contributed by atoms with Gasteiger partial charge < -0.3 is 5.73 Å². The van der Waals surface area contributed by atoms with Gasteiger partial charge in [0.1, 0.15) is 4.90 Å². The fourth-order valence-electron chi connectivity index (χ4n) is 1.54. The van der Waals surface area contributed by atoms with Crippen molar-refractivity contribution >= 4 is 21.4 Å². The van der Waals surface area contributed by atoms with Crippen LogP contribution in [0.25, 0.3) is 0 Å². The largest absolute Gasteiger partial charge is 0.397 e. The van der Waals surface area contributed by atoms with Crippen LogP contribution < -0.4 is 10.5 Å². The van der Waals surface area contributed by atoms with Crippen LogP contribution in [0.15, 0.2) is 17.0 Å². The van der Waals surface area contributed by atoms with E-state index in [1.807, 2.05) is 13.8 Å². The smallest absolute Gasteiger partial charge is 0.274 e. The van der Waals surface area contributed by atoms with Gasteiger partial charge in [-0.25, -0.2) is 17.5 Å². The summed E-state index contributed by atoms with van der Waals surface area (Å²) in [5.74, 6) is -0.967. The number of nitrogen functional groups attached to an aromatic ring is 1. The van der Waals surface area contributed by atoms with Crippen LogP contribution in [0.3, 0.4) is 0 Å². The number of hydrogen-bond donors (Lipinski definition) is 2. The maximum atomic E-state index is 13.7. The molecule has 0 spiro atoms. The number of nitrogens with one attached hydrogen (secondary N) is 1. The van der Waals surface area contributed by atoms with Crippen LogP contribution in [0, 0.1) is 21.8 Å². The van der Waals surface area contributed by atoms with E-state index in [0.29, 0.717) is 12.5 Å². The number of rotatable bonds is 6. The predicted molar refractivity (Wildman–Crippen MR) is 72.1 cm³/mol. The molecule has 0 atom stereocenters. The van der Waals surface area contributed by atoms with E-state index in [0.717, 1.165) is 6.07 Å². The zero-order valence-corrected chi connectivity index (χ0v) is 11.9. The summed E-state index contributed by atoms with van der Waals surface area (Å²) in [6.07, 6.45) is 0.577. The third-order valence-corrected chi connectivity index (χ3v) is 4.10. The molecule has 9 heteroatoms. The molecular weight excluding hydrogens is 289 g/mol. The quantitative estimate of drug-likeness (QED) is 0.471. The van der Waals surface area contributed by atoms with Crippen molar-refractivity contribution < 1.29 is 17.7 Å². The van der Waals surface area contributed by atoms with Crippen molar-refractivity contribution in [2.45, 2.75) is 25.2 Å². The number of anilines is 1. The molecule has 112 valence electrons. The van der Waals surface area contributed by atoms with E-state index in [9.17, 15) is 22.9 Å². The van der Waals surface area contributed by atoms with Gasteiger partial charge in [-0.2, -0.15) is 0 Å². The summed E-state index contributed by atoms with van der Waals surface area (Å²) in [7, 11) is -4.13. The number of nitro groups is 1. The molecule has 0 unspecified atom stereocenters. The normalized spacial score (nSPS) is 11.8. The Hall–Kier alpha value is -1.74. The molecule has 7 nitrogen and oxygen atoms in total. The molecule has 0 aromatic heterocycles. The molecule has 0 aliphatic heterocycles. The van der Waals surface area contributed by atoms with Gasteiger partial charge in [-0.1, -0.05) is 13.8 Å². The van der Waals surface area contributed by atoms with Crippen LogP contribution in [0.5, 0.6) is 0 Å². The van der Waals surface area contributed by atoms with Gasteiger partial charge in [0.25, 0.3) is 5.69 Å². The van der Waals surface area contributed by atoms with Crippen molar-refractivity contribution in [3.05, 3.63) is 28.1 Å². The van der Waals surface area contributed by atoms with E-state index >= 15 is 0 Å². The molecule has 0 aliphatic rings. The van der Waals surface area contributed by atoms with Crippen molar-refractivity contribution in [3.8, 4) is 0 Å². The van der Waals surface area contributed by atoms with Gasteiger partial charge in [-0.05, 0) is 12.3 Å². The molecule has 1 aromatic carbocycles. The number of sulfonamides is 1. The second-order valence-corrected chi connectivity index (χ2v) is 6.39. The van der Waals surface area contributed by atoms with E-state index in [-0.39, 0.29) is 12.5 Å². The number of nitro benzene ring substituents is 1. The van der Waals surface area contributed by atoms with Crippen LogP contribution in [0.1, 0.15) is 20.3 Å². The van der Waals surface area contributed by atoms with E-state index in [4.69, 9.17) is 5.73 Å². The Labute approximate surface area is 116 Å². The van der Waals surface area contributed by atoms with Crippen molar-refractivity contribution in [3.63, 3.8) is 0 Å². The topological polar surface area (TPSA) is 115 Å². The Morgan fingerprint density at radius 1 is 1.45 bits per heavy atom. The van der Waals surface area contributed by atoms with Crippen LogP contribution >= 0.6 is 0 Å². The Morgan fingerprint density at radius 3 is 2.50 bits per heavy atom. The molecule has 0 fully saturated rings. The molecule has 0 aliphatic carbocycles. The first-order valence-corrected chi connectivity index (χ1v) is 7.36. The summed E-state index contributed by atoms with van der Waals surface area (Å²) in [5.41, 5.74) is 4.33. The highest BCUT2D eigenvalue weighted by molar-refractivity contribution is 7.89. The Morgan fingerprint density at radius 2 is 2.05 bits per heavy atom. The van der Waals surface area contributed by atoms with Gasteiger partial charge in [0.2, 0.25) is 10.0 Å². The minimum absolute atomic E-state index is 0.135. The second-order valence-electron chi connectivity index (χ2n) is 4.68. The zero-order chi connectivity index (χ0) is 15.5. The molecule has 1 aromatic rings. The number of non-ortho nitro benzene ring substituents is 1. The van der Waals surface area contributed by atoms with E-state index < -0.39 is 37.0 Å². The minimum atomic E-state index is -4.13. The summed E-state index contributed by atoms with van der Waals surface area (Å²) in [6, 6.07) is 1.35. The first-order chi connectivity index (χ1) is 9.15. The molecule has 0 amide bonds. The van der Waals surface area contributed by atoms with Gasteiger partial charge >= 0.3 is 0 Å². The van der Waals surface area contributed by atoms with Gasteiger partial charge in [0, 0.05) is 12.6 Å². The van der Waals surface area contributed by atoms with Gasteiger partial charge in [0.15, 0.2) is 5.82 Å². The Bertz CT molecular complexity index is 593. The number of hydrogen-bond acceptors (Lipinski definition) is 5. The molecule has 20 heavy (non-hydrogen) atoms. The predicted octanol–water partition coefficient (Wildman–Crippen LogP) is 1.64. The molecular formula is C11H16FN3O4S. The van der Waals surface area contributed by atoms with Crippen molar-refractivity contribution in [1.29, 1.82) is 0 Å². The van der Waals surface area contributed by atoms with Crippen molar-refractivity contribution in [2.75, 3.05) is 12.3 Å². The molecule has 0 heterocycles. The molecule has 1 rings (SSSR count). The Kier molecular flexibility index (Phi) is 5.01. The summed E-state index contributed by atoms with van der Waals surface area (Å²) >= 11 is 0. The molecule has 0 radical (unpaired) electrons. The fraction of sp³-hybridized carbons (Fsp3) is 0.455. The highest BCUT2D eigenvalue weighted by Crippen LogP contribution is 2.27.